The fourth-order valence-corrected chi connectivity index (χ4v) is 15.7. The number of allylic oxidation sites excluding steroid dienone is 4. The summed E-state index contributed by atoms with van der Waals surface area (Å²) in [5.41, 5.74) is 11.9. The minimum atomic E-state index is -2.67. The molecular weight excluding hydrogens is 560 g/mol. The van der Waals surface area contributed by atoms with Crippen LogP contribution in [0.15, 0.2) is 115 Å². The fourth-order valence-electron chi connectivity index (χ4n) is 6.45. The predicted molar refractivity (Wildman–Crippen MR) is 170 cm³/mol. The Balaban J connectivity index is 1.71. The molecule has 0 spiro atoms. The fraction of sp³-hybridized carbons (Fsp3) is 0.256. The van der Waals surface area contributed by atoms with Gasteiger partial charge in [0.1, 0.15) is 0 Å². The molecule has 0 radical (unpaired) electrons. The van der Waals surface area contributed by atoms with E-state index in [1.54, 1.807) is 17.6 Å². The third kappa shape index (κ3) is 5.03. The number of rotatable bonds is 4. The molecule has 0 saturated heterocycles. The molecule has 4 aromatic rings. The quantitative estimate of drug-likeness (QED) is 0.193. The average molecular weight is 600 g/mol. The van der Waals surface area contributed by atoms with Crippen molar-refractivity contribution in [3.8, 4) is 11.1 Å². The van der Waals surface area contributed by atoms with Crippen molar-refractivity contribution < 1.29 is 21.3 Å². The number of hydrogen-bond donors (Lipinski definition) is 0. The second-order valence-corrected chi connectivity index (χ2v) is 19.5. The van der Waals surface area contributed by atoms with E-state index in [0.29, 0.717) is 3.63 Å². The first-order valence-electron chi connectivity index (χ1n) is 14.6. The summed E-state index contributed by atoms with van der Waals surface area (Å²) in [7, 11) is 0. The van der Waals surface area contributed by atoms with Gasteiger partial charge in [0.2, 0.25) is 0 Å². The predicted octanol–water partition coefficient (Wildman–Crippen LogP) is 9.28. The van der Waals surface area contributed by atoms with Gasteiger partial charge in [-0.3, -0.25) is 0 Å². The van der Waals surface area contributed by atoms with Gasteiger partial charge in [0, 0.05) is 0 Å². The van der Waals surface area contributed by atoms with Crippen LogP contribution in [-0.4, -0.2) is 3.21 Å². The summed E-state index contributed by atoms with van der Waals surface area (Å²) in [5.74, 6) is 0. The van der Waals surface area contributed by atoms with E-state index in [0.717, 1.165) is 6.42 Å². The molecule has 0 amide bonds. The van der Waals surface area contributed by atoms with Crippen LogP contribution < -0.4 is 3.27 Å². The summed E-state index contributed by atoms with van der Waals surface area (Å²) >= 11 is -2.67. The molecule has 0 atom stereocenters. The molecule has 4 aromatic carbocycles. The van der Waals surface area contributed by atoms with Crippen LogP contribution in [0.4, 0.5) is 0 Å². The third-order valence-electron chi connectivity index (χ3n) is 8.49. The van der Waals surface area contributed by atoms with E-state index in [9.17, 15) is 0 Å². The van der Waals surface area contributed by atoms with E-state index in [1.807, 2.05) is 0 Å². The molecule has 0 fully saturated rings. The molecule has 0 aliphatic heterocycles. The molecular formula is C39H40Zr. The van der Waals surface area contributed by atoms with Crippen molar-refractivity contribution in [2.45, 2.75) is 62.4 Å². The van der Waals surface area contributed by atoms with Crippen LogP contribution in [0.3, 0.4) is 0 Å². The first-order valence-corrected chi connectivity index (χ1v) is 18.5. The zero-order valence-corrected chi connectivity index (χ0v) is 27.2. The summed E-state index contributed by atoms with van der Waals surface area (Å²) in [4.78, 5) is 0. The minimum absolute atomic E-state index is 0.0615. The Labute approximate surface area is 248 Å². The molecule has 0 nitrogen and oxygen atoms in total. The molecule has 1 heteroatoms. The van der Waals surface area contributed by atoms with E-state index in [1.165, 1.54) is 33.4 Å². The number of fused-ring (bicyclic) bond motifs is 3. The van der Waals surface area contributed by atoms with Crippen molar-refractivity contribution in [2.75, 3.05) is 0 Å². The summed E-state index contributed by atoms with van der Waals surface area (Å²) < 4.78 is 3.80. The van der Waals surface area contributed by atoms with Gasteiger partial charge in [-0.2, -0.15) is 0 Å². The molecule has 0 saturated carbocycles. The second-order valence-electron chi connectivity index (χ2n) is 13.4. The molecule has 6 rings (SSSR count). The van der Waals surface area contributed by atoms with Gasteiger partial charge >= 0.3 is 250 Å². The second kappa shape index (κ2) is 10.5. The normalized spacial score (nSPS) is 14.3. The van der Waals surface area contributed by atoms with Crippen LogP contribution in [0.2, 0.25) is 3.63 Å². The topological polar surface area (TPSA) is 0 Å². The van der Waals surface area contributed by atoms with Crippen LogP contribution in [0.1, 0.15) is 74.9 Å². The zero-order valence-electron chi connectivity index (χ0n) is 24.8. The summed E-state index contributed by atoms with van der Waals surface area (Å²) in [6.07, 6.45) is 10.6. The van der Waals surface area contributed by atoms with Crippen LogP contribution in [0.25, 0.3) is 11.1 Å². The Morgan fingerprint density at radius 2 is 1.23 bits per heavy atom. The first kappa shape index (κ1) is 27.3. The van der Waals surface area contributed by atoms with Crippen molar-refractivity contribution >= 4 is 6.48 Å². The summed E-state index contributed by atoms with van der Waals surface area (Å²) in [6.45, 7) is 14.2. The van der Waals surface area contributed by atoms with Gasteiger partial charge in [-0.25, -0.2) is 0 Å². The van der Waals surface area contributed by atoms with Gasteiger partial charge in [-0.15, -0.1) is 0 Å². The molecule has 0 bridgehead atoms. The molecule has 200 valence electrons. The zero-order chi connectivity index (χ0) is 28.1. The first-order chi connectivity index (χ1) is 19.1. The standard InChI is InChI=1S/C21H25.C13H10.C5H5.Zr/c1-20(2,3)16-7-9-18-14(12-16)11-15-13-17(21(4,5)6)8-10-19(15)18;1-3-7-12(8-4-1)11-13-9-5-2-6-10-13;1-2-4-5-3-1;/h7-10,12H,11H2,1-6H3;1-10H;1-5H;. The van der Waals surface area contributed by atoms with E-state index in [4.69, 9.17) is 0 Å². The Hall–Kier alpha value is -2.89. The van der Waals surface area contributed by atoms with Gasteiger partial charge in [0.25, 0.3) is 0 Å². The Morgan fingerprint density at radius 1 is 0.650 bits per heavy atom. The van der Waals surface area contributed by atoms with E-state index in [-0.39, 0.29) is 10.8 Å². The van der Waals surface area contributed by atoms with Crippen molar-refractivity contribution in [1.29, 1.82) is 0 Å². The summed E-state index contributed by atoms with van der Waals surface area (Å²) in [6, 6.07) is 34.7. The maximum atomic E-state index is 2.49. The van der Waals surface area contributed by atoms with E-state index in [2.05, 4.69) is 157 Å². The molecule has 2 aliphatic carbocycles. The van der Waals surface area contributed by atoms with Gasteiger partial charge in [0.15, 0.2) is 0 Å². The molecule has 0 unspecified atom stereocenters. The number of benzene rings is 4. The van der Waals surface area contributed by atoms with Crippen LogP contribution in [-0.2, 0) is 38.5 Å². The van der Waals surface area contributed by atoms with Gasteiger partial charge < -0.3 is 0 Å². The van der Waals surface area contributed by atoms with E-state index < -0.39 is 21.3 Å². The van der Waals surface area contributed by atoms with Crippen molar-refractivity contribution in [3.05, 3.63) is 149 Å². The van der Waals surface area contributed by atoms with Crippen molar-refractivity contribution in [3.63, 3.8) is 0 Å². The van der Waals surface area contributed by atoms with Crippen molar-refractivity contribution in [2.24, 2.45) is 0 Å². The van der Waals surface area contributed by atoms with Crippen LogP contribution in [0.5, 0.6) is 0 Å². The van der Waals surface area contributed by atoms with Gasteiger partial charge in [-0.1, -0.05) is 0 Å². The number of hydrogen-bond acceptors (Lipinski definition) is 0. The van der Waals surface area contributed by atoms with Crippen molar-refractivity contribution in [1.82, 2.24) is 0 Å². The Bertz CT molecular complexity index is 1600. The summed E-state index contributed by atoms with van der Waals surface area (Å²) in [5, 5.41) is 0. The van der Waals surface area contributed by atoms with E-state index >= 15 is 0 Å². The SMILES string of the molecule is CC(C)(C)c1ccc2c(c1)Cc1c-2ccc(C(C)(C)C)[c]1[Zr](=[C](c1ccccc1)c1ccccc1)[CH]1C=CC=C1. The van der Waals surface area contributed by atoms with Gasteiger partial charge in [0.05, 0.1) is 0 Å². The van der Waals surface area contributed by atoms with Crippen LogP contribution >= 0.6 is 0 Å². The molecule has 40 heavy (non-hydrogen) atoms. The molecule has 0 N–H and O–H groups in total. The van der Waals surface area contributed by atoms with Crippen LogP contribution in [0, 0.1) is 0 Å². The van der Waals surface area contributed by atoms with Gasteiger partial charge in [-0.05, 0) is 0 Å². The maximum absolute atomic E-state index is 2.67. The average Bonchev–Trinajstić information content (AvgIpc) is 3.59. The molecule has 0 aromatic heterocycles. The molecule has 2 aliphatic rings. The third-order valence-corrected chi connectivity index (χ3v) is 16.6. The Morgan fingerprint density at radius 3 is 1.77 bits per heavy atom. The Kier molecular flexibility index (Phi) is 7.17. The monoisotopic (exact) mass is 598 g/mol. The molecule has 0 heterocycles.